The lowest BCUT2D eigenvalue weighted by Gasteiger charge is -2.11. The van der Waals surface area contributed by atoms with Crippen LogP contribution >= 0.6 is 0 Å². The fourth-order valence-corrected chi connectivity index (χ4v) is 2.54. The highest BCUT2D eigenvalue weighted by molar-refractivity contribution is 5.69. The molecule has 2 atom stereocenters. The third kappa shape index (κ3) is 12.8. The van der Waals surface area contributed by atoms with Crippen LogP contribution in [0.3, 0.4) is 0 Å². The first-order valence-corrected chi connectivity index (χ1v) is 8.63. The molecule has 0 rings (SSSR count). The van der Waals surface area contributed by atoms with Gasteiger partial charge in [-0.15, -0.1) is 0 Å². The molecule has 4 nitrogen and oxygen atoms in total. The molecule has 126 valence electrons. The van der Waals surface area contributed by atoms with E-state index in [2.05, 4.69) is 6.92 Å². The lowest BCUT2D eigenvalue weighted by atomic mass is 9.99. The highest BCUT2D eigenvalue weighted by Crippen LogP contribution is 2.15. The van der Waals surface area contributed by atoms with Gasteiger partial charge in [-0.25, -0.2) is 0 Å². The Morgan fingerprint density at radius 1 is 0.857 bits per heavy atom. The molecule has 0 saturated heterocycles. The van der Waals surface area contributed by atoms with Gasteiger partial charge < -0.3 is 15.3 Å². The van der Waals surface area contributed by atoms with Crippen LogP contribution in [0.2, 0.25) is 0 Å². The molecule has 0 aliphatic heterocycles. The number of carboxylic acid groups (broad SMARTS) is 1. The molecule has 0 amide bonds. The predicted octanol–water partition coefficient (Wildman–Crippen LogP) is 3.74. The first kappa shape index (κ1) is 20.4. The lowest BCUT2D eigenvalue weighted by molar-refractivity contribution is -0.143. The Bertz CT molecular complexity index is 243. The van der Waals surface area contributed by atoms with Crippen molar-refractivity contribution in [1.29, 1.82) is 0 Å². The van der Waals surface area contributed by atoms with Crippen molar-refractivity contribution in [2.24, 2.45) is 5.92 Å². The number of hydrogen-bond donors (Lipinski definition) is 3. The van der Waals surface area contributed by atoms with Crippen molar-refractivity contribution in [3.63, 3.8) is 0 Å². The van der Waals surface area contributed by atoms with Crippen LogP contribution in [0, 0.1) is 5.92 Å². The molecule has 0 aliphatic rings. The second-order valence-electron chi connectivity index (χ2n) is 6.07. The smallest absolute Gasteiger partial charge is 0.308 e. The molecule has 3 N–H and O–H groups in total. The van der Waals surface area contributed by atoms with Crippen LogP contribution in [0.25, 0.3) is 0 Å². The monoisotopic (exact) mass is 302 g/mol. The van der Waals surface area contributed by atoms with E-state index >= 15 is 0 Å². The summed E-state index contributed by atoms with van der Waals surface area (Å²) in [4.78, 5) is 10.7. The fraction of sp³-hybridized carbons (Fsp3) is 0.941. The maximum absolute atomic E-state index is 10.7. The second kappa shape index (κ2) is 14.3. The number of aliphatic carboxylic acids is 1. The van der Waals surface area contributed by atoms with E-state index in [1.165, 1.54) is 25.7 Å². The van der Waals surface area contributed by atoms with Crippen LogP contribution in [-0.2, 0) is 4.79 Å². The van der Waals surface area contributed by atoms with Gasteiger partial charge in [-0.2, -0.15) is 0 Å². The summed E-state index contributed by atoms with van der Waals surface area (Å²) in [6.07, 6.45) is 12.2. The van der Waals surface area contributed by atoms with Crippen LogP contribution in [0.15, 0.2) is 0 Å². The van der Waals surface area contributed by atoms with Crippen LogP contribution in [0.1, 0.15) is 84.0 Å². The molecule has 0 aromatic carbocycles. The summed E-state index contributed by atoms with van der Waals surface area (Å²) in [5.41, 5.74) is 0. The van der Waals surface area contributed by atoms with E-state index in [0.717, 1.165) is 44.9 Å². The normalized spacial score (nSPS) is 14.0. The molecular weight excluding hydrogens is 268 g/mol. The Hall–Kier alpha value is -0.610. The molecule has 0 fully saturated rings. The van der Waals surface area contributed by atoms with Crippen molar-refractivity contribution in [2.75, 3.05) is 6.61 Å². The van der Waals surface area contributed by atoms with Crippen LogP contribution < -0.4 is 0 Å². The highest BCUT2D eigenvalue weighted by atomic mass is 16.4. The zero-order chi connectivity index (χ0) is 15.9. The number of aliphatic hydroxyl groups excluding tert-OH is 2. The van der Waals surface area contributed by atoms with Crippen LogP contribution in [-0.4, -0.2) is 34.0 Å². The molecule has 0 heterocycles. The molecule has 0 aromatic rings. The van der Waals surface area contributed by atoms with Gasteiger partial charge in [-0.05, 0) is 19.3 Å². The highest BCUT2D eigenvalue weighted by Gasteiger charge is 2.15. The van der Waals surface area contributed by atoms with Gasteiger partial charge in [-0.1, -0.05) is 64.7 Å². The molecule has 0 spiro atoms. The van der Waals surface area contributed by atoms with E-state index in [9.17, 15) is 9.90 Å². The van der Waals surface area contributed by atoms with E-state index in [1.807, 2.05) is 0 Å². The van der Waals surface area contributed by atoms with E-state index in [1.54, 1.807) is 0 Å². The van der Waals surface area contributed by atoms with Gasteiger partial charge in [0.2, 0.25) is 0 Å². The maximum atomic E-state index is 10.7. The zero-order valence-corrected chi connectivity index (χ0v) is 13.6. The van der Waals surface area contributed by atoms with Crippen molar-refractivity contribution in [1.82, 2.24) is 0 Å². The van der Waals surface area contributed by atoms with Crippen molar-refractivity contribution in [3.8, 4) is 0 Å². The van der Waals surface area contributed by atoms with E-state index < -0.39 is 11.9 Å². The molecule has 21 heavy (non-hydrogen) atoms. The Labute approximate surface area is 129 Å². The Morgan fingerprint density at radius 3 is 1.76 bits per heavy atom. The Balaban J connectivity index is 3.35. The Morgan fingerprint density at radius 2 is 1.33 bits per heavy atom. The largest absolute Gasteiger partial charge is 0.481 e. The molecule has 0 saturated carbocycles. The quantitative estimate of drug-likeness (QED) is 0.403. The van der Waals surface area contributed by atoms with Crippen LogP contribution in [0.4, 0.5) is 0 Å². The Kier molecular flexibility index (Phi) is 13.9. The average molecular weight is 302 g/mol. The summed E-state index contributed by atoms with van der Waals surface area (Å²) in [6.45, 7) is 1.93. The third-order valence-corrected chi connectivity index (χ3v) is 4.05. The van der Waals surface area contributed by atoms with Gasteiger partial charge in [0.05, 0.1) is 18.6 Å². The zero-order valence-electron chi connectivity index (χ0n) is 13.6. The first-order chi connectivity index (χ1) is 10.1. The van der Waals surface area contributed by atoms with Gasteiger partial charge in [0.15, 0.2) is 0 Å². The van der Waals surface area contributed by atoms with Crippen molar-refractivity contribution in [2.45, 2.75) is 90.1 Å². The SMILES string of the molecule is CCCCCCC[C@H](O)CCCCCC[C@@H](CO)C(=O)O. The average Bonchev–Trinajstić information content (AvgIpc) is 2.46. The van der Waals surface area contributed by atoms with Crippen LogP contribution in [0.5, 0.6) is 0 Å². The molecular formula is C17H34O4. The standard InChI is InChI=1S/C17H34O4/c1-2-3-4-5-9-12-16(19)13-10-7-6-8-11-15(14-18)17(20)21/h15-16,18-19H,2-14H2,1H3,(H,20,21)/t15-,16-/m0/s1. The minimum absolute atomic E-state index is 0.171. The number of aliphatic hydroxyl groups is 2. The van der Waals surface area contributed by atoms with E-state index in [4.69, 9.17) is 10.2 Å². The summed E-state index contributed by atoms with van der Waals surface area (Å²) >= 11 is 0. The molecule has 4 heteroatoms. The number of rotatable bonds is 15. The van der Waals surface area contributed by atoms with Gasteiger partial charge in [0.1, 0.15) is 0 Å². The summed E-state index contributed by atoms with van der Waals surface area (Å²) < 4.78 is 0. The summed E-state index contributed by atoms with van der Waals surface area (Å²) in [6, 6.07) is 0. The number of carbonyl (C=O) groups is 1. The predicted molar refractivity (Wildman–Crippen MR) is 85.3 cm³/mol. The topological polar surface area (TPSA) is 77.8 Å². The first-order valence-electron chi connectivity index (χ1n) is 8.63. The van der Waals surface area contributed by atoms with Gasteiger partial charge in [0.25, 0.3) is 0 Å². The molecule has 0 unspecified atom stereocenters. The van der Waals surface area contributed by atoms with E-state index in [0.29, 0.717) is 6.42 Å². The third-order valence-electron chi connectivity index (χ3n) is 4.05. The fourth-order valence-electron chi connectivity index (χ4n) is 2.54. The van der Waals surface area contributed by atoms with Crippen molar-refractivity contribution < 1.29 is 20.1 Å². The summed E-state index contributed by atoms with van der Waals surface area (Å²) in [5.74, 6) is -1.52. The van der Waals surface area contributed by atoms with Gasteiger partial charge in [0, 0.05) is 0 Å². The number of carboxylic acids is 1. The lowest BCUT2D eigenvalue weighted by Crippen LogP contribution is -2.17. The maximum Gasteiger partial charge on any atom is 0.308 e. The van der Waals surface area contributed by atoms with E-state index in [-0.39, 0.29) is 12.7 Å². The number of hydrogen-bond acceptors (Lipinski definition) is 3. The molecule has 0 aromatic heterocycles. The van der Waals surface area contributed by atoms with Crippen molar-refractivity contribution in [3.05, 3.63) is 0 Å². The summed E-state index contributed by atoms with van der Waals surface area (Å²) in [7, 11) is 0. The number of unbranched alkanes of at least 4 members (excludes halogenated alkanes) is 7. The van der Waals surface area contributed by atoms with Gasteiger partial charge in [-0.3, -0.25) is 4.79 Å². The molecule has 0 bridgehead atoms. The molecule has 0 radical (unpaired) electrons. The minimum atomic E-state index is -0.906. The second-order valence-corrected chi connectivity index (χ2v) is 6.07. The molecule has 0 aliphatic carbocycles. The van der Waals surface area contributed by atoms with Crippen molar-refractivity contribution >= 4 is 5.97 Å². The minimum Gasteiger partial charge on any atom is -0.481 e. The van der Waals surface area contributed by atoms with Gasteiger partial charge >= 0.3 is 5.97 Å². The summed E-state index contributed by atoms with van der Waals surface area (Å²) in [5, 5.41) is 27.5.